The third-order valence-corrected chi connectivity index (χ3v) is 5.58. The molecule has 2 aromatic carbocycles. The van der Waals surface area contributed by atoms with Crippen LogP contribution in [0.1, 0.15) is 41.9 Å². The molecule has 1 aromatic heterocycles. The van der Waals surface area contributed by atoms with Crippen molar-refractivity contribution in [2.45, 2.75) is 44.8 Å². The molecule has 0 spiro atoms. The van der Waals surface area contributed by atoms with Crippen LogP contribution in [0.3, 0.4) is 0 Å². The van der Waals surface area contributed by atoms with Crippen LogP contribution >= 0.6 is 0 Å². The lowest BCUT2D eigenvalue weighted by atomic mass is 10.1. The predicted octanol–water partition coefficient (Wildman–Crippen LogP) is 4.58. The number of nitrogens with one attached hydrogen (secondary N) is 1. The van der Waals surface area contributed by atoms with Crippen LogP contribution in [0, 0.1) is 17.5 Å². The Morgan fingerprint density at radius 3 is 2.39 bits per heavy atom. The number of alkyl halides is 3. The molecule has 13 heteroatoms. The minimum Gasteiger partial charge on any atom is -0.481 e. The van der Waals surface area contributed by atoms with Gasteiger partial charge in [0.15, 0.2) is 6.10 Å². The molecule has 0 unspecified atom stereocenters. The van der Waals surface area contributed by atoms with Crippen LogP contribution in [0.15, 0.2) is 35.1 Å². The fraction of sp³-hybridized carbons (Fsp3) is 0.348. The number of halogens is 6. The van der Waals surface area contributed by atoms with Crippen molar-refractivity contribution < 1.29 is 35.9 Å². The Morgan fingerprint density at radius 2 is 1.83 bits per heavy atom. The Balaban J connectivity index is 1.82. The van der Waals surface area contributed by atoms with Gasteiger partial charge in [-0.05, 0) is 38.0 Å². The lowest BCUT2D eigenvalue weighted by molar-refractivity contribution is -0.00158. The SMILES string of the molecule is CCn1c(C2CC2)nn(-c2cc(O[C@@H](CF)C(F)F)c(C(=O)Nc3c(F)cccc3F)cc2F)c1=O. The van der Waals surface area contributed by atoms with E-state index in [0.717, 1.165) is 37.1 Å². The quantitative estimate of drug-likeness (QED) is 0.424. The Hall–Kier alpha value is -3.77. The number of rotatable bonds is 9. The van der Waals surface area contributed by atoms with Crippen molar-refractivity contribution in [3.05, 3.63) is 69.7 Å². The van der Waals surface area contributed by atoms with E-state index < -0.39 is 70.9 Å². The summed E-state index contributed by atoms with van der Waals surface area (Å²) in [6, 6.07) is 4.03. The van der Waals surface area contributed by atoms with Crippen molar-refractivity contribution >= 4 is 11.6 Å². The molecular weight excluding hydrogens is 494 g/mol. The van der Waals surface area contributed by atoms with Gasteiger partial charge in [-0.1, -0.05) is 6.07 Å². The molecule has 0 saturated heterocycles. The van der Waals surface area contributed by atoms with Crippen LogP contribution in [0.4, 0.5) is 32.0 Å². The standard InChI is InChI=1S/C23H20F6N4O3/c1-2-32-21(11-6-7-11)31-33(23(32)35)16-9-17(36-18(10-24)20(28)29)12(8-15(16)27)22(34)30-19-13(25)4-3-5-14(19)26/h3-5,8-9,11,18,20H,2,6-7,10H2,1H3,(H,30,34)/t18-/m0/s1. The average Bonchev–Trinajstić information content (AvgIpc) is 3.63. The summed E-state index contributed by atoms with van der Waals surface area (Å²) in [6.07, 6.45) is -4.10. The van der Waals surface area contributed by atoms with E-state index >= 15 is 4.39 Å². The van der Waals surface area contributed by atoms with Gasteiger partial charge < -0.3 is 10.1 Å². The summed E-state index contributed by atoms with van der Waals surface area (Å²) in [5.41, 5.74) is -2.89. The zero-order valence-electron chi connectivity index (χ0n) is 18.8. The van der Waals surface area contributed by atoms with Gasteiger partial charge in [0.05, 0.1) is 5.56 Å². The number of amides is 1. The summed E-state index contributed by atoms with van der Waals surface area (Å²) >= 11 is 0. The summed E-state index contributed by atoms with van der Waals surface area (Å²) in [7, 11) is 0. The Bertz CT molecular complexity index is 1330. The number of nitrogens with zero attached hydrogens (tertiary/aromatic N) is 3. The molecule has 1 aliphatic rings. The first-order chi connectivity index (χ1) is 17.2. The van der Waals surface area contributed by atoms with Gasteiger partial charge in [0.25, 0.3) is 12.3 Å². The molecule has 1 heterocycles. The normalized spacial score (nSPS) is 14.2. The zero-order chi connectivity index (χ0) is 26.1. The van der Waals surface area contributed by atoms with E-state index in [1.807, 2.05) is 5.32 Å². The number of ether oxygens (including phenoxy) is 1. The minimum absolute atomic E-state index is 0.00755. The largest absolute Gasteiger partial charge is 0.481 e. The molecule has 1 N–H and O–H groups in total. The average molecular weight is 514 g/mol. The number of anilines is 1. The molecule has 192 valence electrons. The highest BCUT2D eigenvalue weighted by molar-refractivity contribution is 6.06. The molecule has 1 amide bonds. The van der Waals surface area contributed by atoms with Crippen LogP contribution in [-0.2, 0) is 6.54 Å². The van der Waals surface area contributed by atoms with Gasteiger partial charge in [-0.25, -0.2) is 31.1 Å². The van der Waals surface area contributed by atoms with Crippen molar-refractivity contribution in [3.63, 3.8) is 0 Å². The smallest absolute Gasteiger partial charge is 0.350 e. The molecule has 0 radical (unpaired) electrons. The zero-order valence-corrected chi connectivity index (χ0v) is 18.8. The Morgan fingerprint density at radius 1 is 1.17 bits per heavy atom. The first-order valence-corrected chi connectivity index (χ1v) is 11.0. The van der Waals surface area contributed by atoms with Crippen molar-refractivity contribution in [1.29, 1.82) is 0 Å². The van der Waals surface area contributed by atoms with E-state index in [9.17, 15) is 31.5 Å². The van der Waals surface area contributed by atoms with Crippen molar-refractivity contribution in [1.82, 2.24) is 14.3 Å². The lowest BCUT2D eigenvalue weighted by Crippen LogP contribution is -2.29. The van der Waals surface area contributed by atoms with Gasteiger partial charge in [-0.15, -0.1) is 5.10 Å². The van der Waals surface area contributed by atoms with E-state index in [1.165, 1.54) is 4.57 Å². The van der Waals surface area contributed by atoms with Gasteiger partial charge in [0, 0.05) is 18.5 Å². The number of hydrogen-bond acceptors (Lipinski definition) is 4. The molecule has 4 rings (SSSR count). The second-order valence-corrected chi connectivity index (χ2v) is 8.07. The Labute approximate surface area is 200 Å². The second-order valence-electron chi connectivity index (χ2n) is 8.07. The predicted molar refractivity (Wildman–Crippen MR) is 116 cm³/mol. The summed E-state index contributed by atoms with van der Waals surface area (Å²) in [5, 5.41) is 6.06. The molecule has 0 bridgehead atoms. The van der Waals surface area contributed by atoms with E-state index in [-0.39, 0.29) is 12.5 Å². The first-order valence-electron chi connectivity index (χ1n) is 11.0. The maximum atomic E-state index is 15.2. The van der Waals surface area contributed by atoms with Crippen molar-refractivity contribution in [2.75, 3.05) is 12.0 Å². The van der Waals surface area contributed by atoms with Gasteiger partial charge in [-0.3, -0.25) is 9.36 Å². The van der Waals surface area contributed by atoms with Gasteiger partial charge in [0.2, 0.25) is 0 Å². The second kappa shape index (κ2) is 10.1. The molecule has 1 fully saturated rings. The van der Waals surface area contributed by atoms with Crippen LogP contribution in [0.2, 0.25) is 0 Å². The molecule has 0 aliphatic heterocycles. The third kappa shape index (κ3) is 4.82. The number of hydrogen-bond donors (Lipinski definition) is 1. The number of para-hydroxylation sites is 1. The molecule has 1 atom stereocenters. The first kappa shape index (κ1) is 25.3. The van der Waals surface area contributed by atoms with Gasteiger partial charge in [-0.2, -0.15) is 4.68 Å². The summed E-state index contributed by atoms with van der Waals surface area (Å²) in [6.45, 7) is 0.261. The van der Waals surface area contributed by atoms with E-state index in [0.29, 0.717) is 16.6 Å². The fourth-order valence-electron chi connectivity index (χ4n) is 3.60. The fourth-order valence-corrected chi connectivity index (χ4v) is 3.60. The topological polar surface area (TPSA) is 78.2 Å². The summed E-state index contributed by atoms with van der Waals surface area (Å²) < 4.78 is 89.8. The molecular formula is C23H20F6N4O3. The van der Waals surface area contributed by atoms with Crippen LogP contribution in [0.25, 0.3) is 5.69 Å². The maximum absolute atomic E-state index is 15.2. The summed E-state index contributed by atoms with van der Waals surface area (Å²) in [5.74, 6) is -5.13. The van der Waals surface area contributed by atoms with E-state index in [2.05, 4.69) is 5.10 Å². The van der Waals surface area contributed by atoms with E-state index in [4.69, 9.17) is 4.74 Å². The van der Waals surface area contributed by atoms with Crippen LogP contribution in [0.5, 0.6) is 5.75 Å². The number of benzene rings is 2. The third-order valence-electron chi connectivity index (χ3n) is 5.58. The molecule has 7 nitrogen and oxygen atoms in total. The van der Waals surface area contributed by atoms with Gasteiger partial charge in [0.1, 0.15) is 47.1 Å². The number of carbonyl (C=O) groups is 1. The van der Waals surface area contributed by atoms with Crippen LogP contribution < -0.4 is 15.7 Å². The number of aromatic nitrogens is 3. The minimum atomic E-state index is -3.33. The highest BCUT2D eigenvalue weighted by atomic mass is 19.3. The van der Waals surface area contributed by atoms with Crippen molar-refractivity contribution in [3.8, 4) is 11.4 Å². The van der Waals surface area contributed by atoms with Crippen molar-refractivity contribution in [2.24, 2.45) is 0 Å². The lowest BCUT2D eigenvalue weighted by Gasteiger charge is -2.19. The summed E-state index contributed by atoms with van der Waals surface area (Å²) in [4.78, 5) is 25.6. The molecule has 3 aromatic rings. The number of carbonyl (C=O) groups excluding carboxylic acids is 1. The maximum Gasteiger partial charge on any atom is 0.350 e. The monoisotopic (exact) mass is 514 g/mol. The molecule has 1 saturated carbocycles. The van der Waals surface area contributed by atoms with Gasteiger partial charge >= 0.3 is 5.69 Å². The van der Waals surface area contributed by atoms with Crippen LogP contribution in [-0.4, -0.2) is 39.5 Å². The molecule has 36 heavy (non-hydrogen) atoms. The highest BCUT2D eigenvalue weighted by Gasteiger charge is 2.32. The Kier molecular flexibility index (Phi) is 7.09. The molecule has 1 aliphatic carbocycles. The van der Waals surface area contributed by atoms with E-state index in [1.54, 1.807) is 6.92 Å². The highest BCUT2D eigenvalue weighted by Crippen LogP contribution is 2.39.